The van der Waals surface area contributed by atoms with E-state index in [-0.39, 0.29) is 6.29 Å². The lowest BCUT2D eigenvalue weighted by Crippen LogP contribution is -2.60. The van der Waals surface area contributed by atoms with E-state index < -0.39 is 61.7 Å². The molecule has 1 fully saturated rings. The molecule has 0 amide bonds. The van der Waals surface area contributed by atoms with Crippen LogP contribution in [-0.4, -0.2) is 104 Å². The Morgan fingerprint density at radius 2 is 1.68 bits per heavy atom. The summed E-state index contributed by atoms with van der Waals surface area (Å²) in [6.45, 7) is 0.499. The van der Waals surface area contributed by atoms with Crippen molar-refractivity contribution in [1.82, 2.24) is 0 Å². The van der Waals surface area contributed by atoms with Gasteiger partial charge in [0.25, 0.3) is 0 Å². The summed E-state index contributed by atoms with van der Waals surface area (Å²) >= 11 is 0. The highest BCUT2D eigenvalue weighted by molar-refractivity contribution is 5.57. The fraction of sp³-hybridized carbons (Fsp3) is 0.917. The Morgan fingerprint density at radius 1 is 1.09 bits per heavy atom. The number of carbonyl (C=O) groups is 1. The highest BCUT2D eigenvalue weighted by Crippen LogP contribution is 2.23. The zero-order chi connectivity index (χ0) is 17.0. The lowest BCUT2D eigenvalue weighted by atomic mass is 9.99. The molecule has 9 unspecified atom stereocenters. The van der Waals surface area contributed by atoms with E-state index in [2.05, 4.69) is 0 Å². The van der Waals surface area contributed by atoms with E-state index in [1.807, 2.05) is 0 Å². The van der Waals surface area contributed by atoms with Gasteiger partial charge in [-0.25, -0.2) is 0 Å². The molecule has 10 heteroatoms. The molecule has 1 saturated heterocycles. The number of hydrogen-bond donors (Lipinski definition) is 7. The highest BCUT2D eigenvalue weighted by Gasteiger charge is 2.46. The quantitative estimate of drug-likeness (QED) is 0.225. The third-order valence-corrected chi connectivity index (χ3v) is 3.45. The van der Waals surface area contributed by atoms with Crippen LogP contribution in [0.25, 0.3) is 0 Å². The average molecular weight is 326 g/mol. The fourth-order valence-electron chi connectivity index (χ4n) is 2.01. The normalized spacial score (nSPS) is 38.1. The van der Waals surface area contributed by atoms with Crippen molar-refractivity contribution in [2.75, 3.05) is 6.61 Å². The van der Waals surface area contributed by atoms with Crippen LogP contribution in [0.4, 0.5) is 0 Å². The average Bonchev–Trinajstić information content (AvgIpc) is 2.50. The molecule has 130 valence electrons. The van der Waals surface area contributed by atoms with Crippen LogP contribution in [0.3, 0.4) is 0 Å². The van der Waals surface area contributed by atoms with Crippen molar-refractivity contribution in [2.45, 2.75) is 62.0 Å². The first-order chi connectivity index (χ1) is 10.2. The molecule has 0 saturated carbocycles. The third kappa shape index (κ3) is 4.19. The Kier molecular flexibility index (Phi) is 7.25. The number of aliphatic hydroxyl groups excluding tert-OH is 7. The highest BCUT2D eigenvalue weighted by atomic mass is 16.7. The van der Waals surface area contributed by atoms with E-state index in [1.54, 1.807) is 0 Å². The van der Waals surface area contributed by atoms with Crippen molar-refractivity contribution in [1.29, 1.82) is 0 Å². The predicted molar refractivity (Wildman–Crippen MR) is 68.4 cm³/mol. The second-order valence-electron chi connectivity index (χ2n) is 5.16. The molecule has 1 aliphatic heterocycles. The molecule has 9 atom stereocenters. The summed E-state index contributed by atoms with van der Waals surface area (Å²) in [5, 5.41) is 66.4. The van der Waals surface area contributed by atoms with Gasteiger partial charge in [-0.05, 0) is 6.92 Å². The second-order valence-corrected chi connectivity index (χ2v) is 5.16. The van der Waals surface area contributed by atoms with Gasteiger partial charge in [-0.2, -0.15) is 0 Å². The first-order valence-electron chi connectivity index (χ1n) is 6.70. The Bertz CT molecular complexity index is 349. The van der Waals surface area contributed by atoms with Crippen molar-refractivity contribution in [2.24, 2.45) is 0 Å². The monoisotopic (exact) mass is 326 g/mol. The molecular formula is C12H22O10. The lowest BCUT2D eigenvalue weighted by Gasteiger charge is -2.41. The Morgan fingerprint density at radius 3 is 2.14 bits per heavy atom. The maximum Gasteiger partial charge on any atom is 0.187 e. The van der Waals surface area contributed by atoms with Crippen molar-refractivity contribution < 1.29 is 50.0 Å². The summed E-state index contributed by atoms with van der Waals surface area (Å²) in [6, 6.07) is 0. The van der Waals surface area contributed by atoms with E-state index in [1.165, 1.54) is 6.92 Å². The molecule has 0 radical (unpaired) electrons. The minimum Gasteiger partial charge on any atom is -0.394 e. The third-order valence-electron chi connectivity index (χ3n) is 3.45. The van der Waals surface area contributed by atoms with E-state index in [0.29, 0.717) is 0 Å². The lowest BCUT2D eigenvalue weighted by molar-refractivity contribution is -0.315. The molecular weight excluding hydrogens is 304 g/mol. The molecule has 1 rings (SSSR count). The summed E-state index contributed by atoms with van der Waals surface area (Å²) in [7, 11) is 0. The van der Waals surface area contributed by atoms with Crippen molar-refractivity contribution in [3.05, 3.63) is 0 Å². The summed E-state index contributed by atoms with van der Waals surface area (Å²) in [5.41, 5.74) is 0. The van der Waals surface area contributed by atoms with Gasteiger partial charge >= 0.3 is 0 Å². The minimum absolute atomic E-state index is 0.123. The summed E-state index contributed by atoms with van der Waals surface area (Å²) in [5.74, 6) is 0. The summed E-state index contributed by atoms with van der Waals surface area (Å²) in [6.07, 6.45) is -14.3. The standard InChI is InChI=1S/C12H22O10/c1-4(15)7(16)8(17)5(2-13)21-12-11(20)10(19)9(18)6(3-14)22-12/h2,4-12,14-20H,3H2,1H3. The van der Waals surface area contributed by atoms with Crippen LogP contribution < -0.4 is 0 Å². The molecule has 22 heavy (non-hydrogen) atoms. The number of aliphatic hydroxyl groups is 7. The Balaban J connectivity index is 2.79. The molecule has 0 aliphatic carbocycles. The van der Waals surface area contributed by atoms with Crippen molar-refractivity contribution >= 4 is 6.29 Å². The maximum atomic E-state index is 11.0. The van der Waals surface area contributed by atoms with Gasteiger partial charge in [0.1, 0.15) is 42.7 Å². The predicted octanol–water partition coefficient (Wildman–Crippen LogP) is -4.53. The fourth-order valence-corrected chi connectivity index (χ4v) is 2.01. The van der Waals surface area contributed by atoms with Crippen LogP contribution in [0.5, 0.6) is 0 Å². The Hall–Kier alpha value is -0.690. The number of rotatable bonds is 7. The van der Waals surface area contributed by atoms with Crippen LogP contribution in [0.1, 0.15) is 6.92 Å². The van der Waals surface area contributed by atoms with Crippen LogP contribution >= 0.6 is 0 Å². The van der Waals surface area contributed by atoms with Crippen LogP contribution in [0, 0.1) is 0 Å². The molecule has 1 heterocycles. The first-order valence-corrected chi connectivity index (χ1v) is 6.70. The molecule has 10 nitrogen and oxygen atoms in total. The maximum absolute atomic E-state index is 11.0. The summed E-state index contributed by atoms with van der Waals surface area (Å²) in [4.78, 5) is 11.0. The SMILES string of the molecule is CC(O)C(O)C(O)C(C=O)OC1OC(CO)C(O)C(O)C1O. The molecule has 0 bridgehead atoms. The zero-order valence-corrected chi connectivity index (χ0v) is 11.8. The number of ether oxygens (including phenoxy) is 2. The summed E-state index contributed by atoms with van der Waals surface area (Å²) < 4.78 is 10.0. The van der Waals surface area contributed by atoms with Gasteiger partial charge < -0.3 is 50.0 Å². The first kappa shape index (κ1) is 19.4. The number of hydrogen-bond acceptors (Lipinski definition) is 10. The largest absolute Gasteiger partial charge is 0.394 e. The van der Waals surface area contributed by atoms with Crippen molar-refractivity contribution in [3.8, 4) is 0 Å². The van der Waals surface area contributed by atoms with Gasteiger partial charge in [0.2, 0.25) is 0 Å². The van der Waals surface area contributed by atoms with Gasteiger partial charge in [-0.3, -0.25) is 0 Å². The molecule has 0 aromatic carbocycles. The van der Waals surface area contributed by atoms with E-state index in [0.717, 1.165) is 0 Å². The van der Waals surface area contributed by atoms with Gasteiger partial charge in [-0.15, -0.1) is 0 Å². The number of aldehydes is 1. The minimum atomic E-state index is -1.81. The van der Waals surface area contributed by atoms with Gasteiger partial charge in [0.15, 0.2) is 12.6 Å². The topological polar surface area (TPSA) is 177 Å². The molecule has 0 spiro atoms. The van der Waals surface area contributed by atoms with Gasteiger partial charge in [0.05, 0.1) is 12.7 Å². The van der Waals surface area contributed by atoms with E-state index in [9.17, 15) is 35.4 Å². The Labute approximate surface area is 126 Å². The van der Waals surface area contributed by atoms with E-state index >= 15 is 0 Å². The van der Waals surface area contributed by atoms with Crippen molar-refractivity contribution in [3.63, 3.8) is 0 Å². The van der Waals surface area contributed by atoms with Crippen LogP contribution in [0.15, 0.2) is 0 Å². The van der Waals surface area contributed by atoms with Gasteiger partial charge in [-0.1, -0.05) is 0 Å². The van der Waals surface area contributed by atoms with E-state index in [4.69, 9.17) is 14.6 Å². The zero-order valence-electron chi connectivity index (χ0n) is 11.8. The number of carbonyl (C=O) groups excluding carboxylic acids is 1. The van der Waals surface area contributed by atoms with Crippen LogP contribution in [0.2, 0.25) is 0 Å². The molecule has 1 aliphatic rings. The smallest absolute Gasteiger partial charge is 0.187 e. The second kappa shape index (κ2) is 8.24. The molecule has 0 aromatic heterocycles. The molecule has 0 aromatic rings. The van der Waals surface area contributed by atoms with Gasteiger partial charge in [0, 0.05) is 0 Å². The van der Waals surface area contributed by atoms with Crippen LogP contribution in [-0.2, 0) is 14.3 Å². The molecule has 7 N–H and O–H groups in total.